The van der Waals surface area contributed by atoms with Crippen molar-refractivity contribution in [1.29, 1.82) is 0 Å². The molecule has 0 saturated carbocycles. The lowest BCUT2D eigenvalue weighted by Gasteiger charge is -2.15. The van der Waals surface area contributed by atoms with Gasteiger partial charge in [-0.25, -0.2) is 4.98 Å². The highest BCUT2D eigenvalue weighted by Gasteiger charge is 2.35. The van der Waals surface area contributed by atoms with Crippen LogP contribution in [0.15, 0.2) is 28.4 Å². The molecule has 0 aliphatic rings. The molecule has 3 rings (SSSR count). The van der Waals surface area contributed by atoms with Gasteiger partial charge in [0.2, 0.25) is 0 Å². The summed E-state index contributed by atoms with van der Waals surface area (Å²) in [5, 5.41) is 1.21. The molecule has 0 aliphatic heterocycles. The van der Waals surface area contributed by atoms with E-state index in [1.165, 1.54) is 23.0 Å². The van der Waals surface area contributed by atoms with Crippen molar-refractivity contribution < 1.29 is 17.9 Å². The summed E-state index contributed by atoms with van der Waals surface area (Å²) in [7, 11) is 1.46. The van der Waals surface area contributed by atoms with E-state index in [0.717, 1.165) is 6.07 Å². The van der Waals surface area contributed by atoms with E-state index in [-0.39, 0.29) is 29.3 Å². The molecule has 25 heavy (non-hydrogen) atoms. The number of thiophene rings is 1. The molecular formula is C15H12F3N3O2S2. The number of nitrogens with one attached hydrogen (secondary N) is 1. The molecule has 0 fully saturated rings. The second kappa shape index (κ2) is 6.70. The SMILES string of the molecule is COCCn1c(=S)[nH]c(=O)c2c(C(F)(F)F)cc(-c3cccs3)nc21. The first kappa shape index (κ1) is 17.8. The number of nitrogens with zero attached hydrogens (tertiary/aromatic N) is 2. The third kappa shape index (κ3) is 3.37. The van der Waals surface area contributed by atoms with Crippen LogP contribution in [-0.2, 0) is 17.5 Å². The van der Waals surface area contributed by atoms with Crippen molar-refractivity contribution >= 4 is 34.6 Å². The van der Waals surface area contributed by atoms with Gasteiger partial charge in [0.05, 0.1) is 34.7 Å². The molecule has 0 amide bonds. The van der Waals surface area contributed by atoms with Crippen molar-refractivity contribution in [2.24, 2.45) is 0 Å². The molecule has 3 heterocycles. The predicted octanol–water partition coefficient (Wildman–Crippen LogP) is 3.85. The molecular weight excluding hydrogens is 375 g/mol. The summed E-state index contributed by atoms with van der Waals surface area (Å²) in [4.78, 5) is 19.3. The van der Waals surface area contributed by atoms with Crippen LogP contribution >= 0.6 is 23.6 Å². The smallest absolute Gasteiger partial charge is 0.383 e. The quantitative estimate of drug-likeness (QED) is 0.691. The number of ether oxygens (including phenoxy) is 1. The maximum atomic E-state index is 13.6. The molecule has 0 spiro atoms. The Morgan fingerprint density at radius 2 is 2.20 bits per heavy atom. The number of halogens is 3. The summed E-state index contributed by atoms with van der Waals surface area (Å²) in [6, 6.07) is 4.28. The molecule has 1 N–H and O–H groups in total. The van der Waals surface area contributed by atoms with Crippen molar-refractivity contribution in [1.82, 2.24) is 14.5 Å². The molecule has 0 atom stereocenters. The highest BCUT2D eigenvalue weighted by atomic mass is 32.1. The molecule has 10 heteroatoms. The standard InChI is InChI=1S/C15H12F3N3O2S2/c1-23-5-4-21-12-11(13(22)20-14(21)24)8(15(16,17)18)7-9(19-12)10-3-2-6-25-10/h2-3,6-7H,4-5H2,1H3,(H,20,22,24). The van der Waals surface area contributed by atoms with Gasteiger partial charge in [0.1, 0.15) is 5.65 Å². The highest BCUT2D eigenvalue weighted by Crippen LogP contribution is 2.36. The lowest BCUT2D eigenvalue weighted by atomic mass is 10.1. The third-order valence-electron chi connectivity index (χ3n) is 3.55. The number of rotatable bonds is 4. The van der Waals surface area contributed by atoms with Gasteiger partial charge in [0, 0.05) is 7.11 Å². The van der Waals surface area contributed by atoms with Crippen LogP contribution in [0.1, 0.15) is 5.56 Å². The molecule has 0 aliphatic carbocycles. The number of hydrogen-bond acceptors (Lipinski definition) is 5. The fraction of sp³-hybridized carbons (Fsp3) is 0.267. The Balaban J connectivity index is 2.44. The molecule has 0 bridgehead atoms. The van der Waals surface area contributed by atoms with Crippen LogP contribution in [0.25, 0.3) is 21.6 Å². The van der Waals surface area contributed by atoms with Gasteiger partial charge in [0.25, 0.3) is 5.56 Å². The van der Waals surface area contributed by atoms with Crippen LogP contribution < -0.4 is 5.56 Å². The van der Waals surface area contributed by atoms with Crippen LogP contribution in [0, 0.1) is 4.77 Å². The molecule has 0 radical (unpaired) electrons. The fourth-order valence-electron chi connectivity index (χ4n) is 2.44. The number of methoxy groups -OCH3 is 1. The van der Waals surface area contributed by atoms with Crippen LogP contribution in [0.5, 0.6) is 0 Å². The Kier molecular flexibility index (Phi) is 4.76. The Bertz CT molecular complexity index is 1020. The van der Waals surface area contributed by atoms with E-state index in [2.05, 4.69) is 9.97 Å². The van der Waals surface area contributed by atoms with E-state index in [0.29, 0.717) is 4.88 Å². The molecule has 5 nitrogen and oxygen atoms in total. The zero-order chi connectivity index (χ0) is 18.2. The largest absolute Gasteiger partial charge is 0.417 e. The van der Waals surface area contributed by atoms with E-state index in [1.807, 2.05) is 0 Å². The summed E-state index contributed by atoms with van der Waals surface area (Å²) in [5.41, 5.74) is -1.92. The monoisotopic (exact) mass is 387 g/mol. The first-order valence-corrected chi connectivity index (χ1v) is 8.39. The molecule has 3 aromatic heterocycles. The first-order valence-electron chi connectivity index (χ1n) is 7.11. The number of aromatic amines is 1. The van der Waals surface area contributed by atoms with Crippen LogP contribution in [0.3, 0.4) is 0 Å². The number of fused-ring (bicyclic) bond motifs is 1. The number of aromatic nitrogens is 3. The van der Waals surface area contributed by atoms with Gasteiger partial charge in [0.15, 0.2) is 4.77 Å². The number of alkyl halides is 3. The maximum absolute atomic E-state index is 13.6. The van der Waals surface area contributed by atoms with Crippen molar-refractivity contribution in [3.8, 4) is 10.6 Å². The van der Waals surface area contributed by atoms with E-state index < -0.39 is 22.7 Å². The van der Waals surface area contributed by atoms with Gasteiger partial charge < -0.3 is 9.30 Å². The van der Waals surface area contributed by atoms with Gasteiger partial charge in [-0.1, -0.05) is 6.07 Å². The molecule has 3 aromatic rings. The summed E-state index contributed by atoms with van der Waals surface area (Å²) < 4.78 is 47.0. The second-order valence-corrected chi connectivity index (χ2v) is 6.47. The Labute approximate surface area is 148 Å². The Hall–Kier alpha value is -2.04. The minimum atomic E-state index is -4.71. The zero-order valence-electron chi connectivity index (χ0n) is 12.9. The fourth-order valence-corrected chi connectivity index (χ4v) is 3.39. The normalized spacial score (nSPS) is 12.0. The lowest BCUT2D eigenvalue weighted by Crippen LogP contribution is -2.21. The van der Waals surface area contributed by atoms with Crippen molar-refractivity contribution in [3.05, 3.63) is 44.3 Å². The topological polar surface area (TPSA) is 59.9 Å². The Morgan fingerprint density at radius 1 is 1.44 bits per heavy atom. The molecule has 0 unspecified atom stereocenters. The number of H-pyrrole nitrogens is 1. The van der Waals surface area contributed by atoms with Gasteiger partial charge in [-0.15, -0.1) is 11.3 Å². The average molecular weight is 387 g/mol. The third-order valence-corrected chi connectivity index (χ3v) is 4.76. The number of hydrogen-bond donors (Lipinski definition) is 1. The summed E-state index contributed by atoms with van der Waals surface area (Å²) in [6.45, 7) is 0.377. The van der Waals surface area contributed by atoms with E-state index in [4.69, 9.17) is 17.0 Å². The lowest BCUT2D eigenvalue weighted by molar-refractivity contribution is -0.136. The molecule has 132 valence electrons. The van der Waals surface area contributed by atoms with Crippen LogP contribution in [0.2, 0.25) is 0 Å². The number of pyridine rings is 1. The summed E-state index contributed by atoms with van der Waals surface area (Å²) in [6.07, 6.45) is -4.71. The average Bonchev–Trinajstić information content (AvgIpc) is 3.07. The van der Waals surface area contributed by atoms with E-state index in [1.54, 1.807) is 17.5 Å². The van der Waals surface area contributed by atoms with Gasteiger partial charge in [-0.05, 0) is 29.7 Å². The second-order valence-electron chi connectivity index (χ2n) is 5.13. The predicted molar refractivity (Wildman–Crippen MR) is 91.4 cm³/mol. The molecule has 0 saturated heterocycles. The Morgan fingerprint density at radius 3 is 2.80 bits per heavy atom. The minimum absolute atomic E-state index is 0.00139. The highest BCUT2D eigenvalue weighted by molar-refractivity contribution is 7.71. The van der Waals surface area contributed by atoms with Gasteiger partial charge in [-0.3, -0.25) is 9.78 Å². The van der Waals surface area contributed by atoms with Crippen molar-refractivity contribution in [2.75, 3.05) is 13.7 Å². The van der Waals surface area contributed by atoms with Gasteiger partial charge in [-0.2, -0.15) is 13.2 Å². The maximum Gasteiger partial charge on any atom is 0.417 e. The van der Waals surface area contributed by atoms with E-state index in [9.17, 15) is 18.0 Å². The summed E-state index contributed by atoms with van der Waals surface area (Å²) >= 11 is 6.35. The van der Waals surface area contributed by atoms with Gasteiger partial charge >= 0.3 is 6.18 Å². The summed E-state index contributed by atoms with van der Waals surface area (Å²) in [5.74, 6) is 0. The van der Waals surface area contributed by atoms with Crippen molar-refractivity contribution in [2.45, 2.75) is 12.7 Å². The zero-order valence-corrected chi connectivity index (χ0v) is 14.5. The van der Waals surface area contributed by atoms with Crippen LogP contribution in [-0.4, -0.2) is 28.3 Å². The minimum Gasteiger partial charge on any atom is -0.383 e. The molecule has 0 aromatic carbocycles. The van der Waals surface area contributed by atoms with Crippen LogP contribution in [0.4, 0.5) is 13.2 Å². The van der Waals surface area contributed by atoms with E-state index >= 15 is 0 Å². The first-order chi connectivity index (χ1) is 11.8. The van der Waals surface area contributed by atoms with Crippen molar-refractivity contribution in [3.63, 3.8) is 0 Å².